The van der Waals surface area contributed by atoms with Gasteiger partial charge in [-0.3, -0.25) is 10.1 Å². The molecule has 2 aromatic rings. The highest BCUT2D eigenvalue weighted by Gasteiger charge is 2.15. The SMILES string of the molecule is CNC(CCc1ccccc1[N+](=O)[O-])c1ccccc1. The van der Waals surface area contributed by atoms with Crippen LogP contribution in [-0.2, 0) is 6.42 Å². The van der Waals surface area contributed by atoms with E-state index >= 15 is 0 Å². The second kappa shape index (κ2) is 6.82. The zero-order chi connectivity index (χ0) is 14.4. The molecule has 20 heavy (non-hydrogen) atoms. The van der Waals surface area contributed by atoms with Crippen LogP contribution in [0.5, 0.6) is 0 Å². The molecule has 0 amide bonds. The van der Waals surface area contributed by atoms with Crippen molar-refractivity contribution < 1.29 is 4.92 Å². The molecule has 1 atom stereocenters. The summed E-state index contributed by atoms with van der Waals surface area (Å²) in [5.74, 6) is 0. The van der Waals surface area contributed by atoms with Crippen LogP contribution >= 0.6 is 0 Å². The van der Waals surface area contributed by atoms with Gasteiger partial charge in [-0.2, -0.15) is 0 Å². The molecule has 0 heterocycles. The van der Waals surface area contributed by atoms with Crippen molar-refractivity contribution in [1.82, 2.24) is 5.32 Å². The minimum atomic E-state index is -0.313. The van der Waals surface area contributed by atoms with Crippen molar-refractivity contribution in [3.8, 4) is 0 Å². The van der Waals surface area contributed by atoms with E-state index in [2.05, 4.69) is 17.4 Å². The Kier molecular flexibility index (Phi) is 4.85. The number of nitro benzene ring substituents is 1. The molecule has 0 fully saturated rings. The number of hydrogen-bond donors (Lipinski definition) is 1. The average molecular weight is 270 g/mol. The maximum atomic E-state index is 11.0. The van der Waals surface area contributed by atoms with Gasteiger partial charge in [0.05, 0.1) is 4.92 Å². The molecule has 0 saturated carbocycles. The minimum Gasteiger partial charge on any atom is -0.313 e. The first-order valence-electron chi connectivity index (χ1n) is 6.67. The highest BCUT2D eigenvalue weighted by Crippen LogP contribution is 2.23. The van der Waals surface area contributed by atoms with Gasteiger partial charge in [0.1, 0.15) is 0 Å². The van der Waals surface area contributed by atoms with E-state index in [0.29, 0.717) is 6.42 Å². The quantitative estimate of drug-likeness (QED) is 0.645. The van der Waals surface area contributed by atoms with E-state index in [4.69, 9.17) is 0 Å². The maximum Gasteiger partial charge on any atom is 0.272 e. The normalized spacial score (nSPS) is 12.1. The molecule has 0 spiro atoms. The molecule has 0 aliphatic rings. The lowest BCUT2D eigenvalue weighted by Crippen LogP contribution is -2.17. The lowest BCUT2D eigenvalue weighted by atomic mass is 9.98. The predicted octanol–water partition coefficient (Wildman–Crippen LogP) is 3.49. The number of nitro groups is 1. The van der Waals surface area contributed by atoms with Gasteiger partial charge in [0.15, 0.2) is 0 Å². The van der Waals surface area contributed by atoms with Gasteiger partial charge in [-0.15, -0.1) is 0 Å². The lowest BCUT2D eigenvalue weighted by Gasteiger charge is -2.16. The number of nitrogens with one attached hydrogen (secondary N) is 1. The van der Waals surface area contributed by atoms with Gasteiger partial charge < -0.3 is 5.32 Å². The Balaban J connectivity index is 2.10. The molecular weight excluding hydrogens is 252 g/mol. The molecule has 2 aromatic carbocycles. The number of hydrogen-bond acceptors (Lipinski definition) is 3. The third-order valence-electron chi connectivity index (χ3n) is 3.44. The summed E-state index contributed by atoms with van der Waals surface area (Å²) < 4.78 is 0. The molecule has 1 N–H and O–H groups in total. The topological polar surface area (TPSA) is 55.2 Å². The fraction of sp³-hybridized carbons (Fsp3) is 0.250. The molecule has 0 radical (unpaired) electrons. The summed E-state index contributed by atoms with van der Waals surface area (Å²) in [4.78, 5) is 10.7. The van der Waals surface area contributed by atoms with Crippen LogP contribution in [0.1, 0.15) is 23.6 Å². The number of benzene rings is 2. The monoisotopic (exact) mass is 270 g/mol. The van der Waals surface area contributed by atoms with Crippen molar-refractivity contribution in [3.05, 3.63) is 75.8 Å². The van der Waals surface area contributed by atoms with Crippen LogP contribution in [-0.4, -0.2) is 12.0 Å². The second-order valence-electron chi connectivity index (χ2n) is 4.68. The third kappa shape index (κ3) is 3.42. The second-order valence-corrected chi connectivity index (χ2v) is 4.68. The highest BCUT2D eigenvalue weighted by molar-refractivity contribution is 5.40. The first kappa shape index (κ1) is 14.2. The van der Waals surface area contributed by atoms with E-state index in [1.807, 2.05) is 37.4 Å². The Hall–Kier alpha value is -2.20. The molecule has 2 rings (SSSR count). The molecule has 0 aromatic heterocycles. The van der Waals surface area contributed by atoms with Gasteiger partial charge in [-0.25, -0.2) is 0 Å². The smallest absolute Gasteiger partial charge is 0.272 e. The van der Waals surface area contributed by atoms with Crippen LogP contribution in [0, 0.1) is 10.1 Å². The van der Waals surface area contributed by atoms with E-state index in [-0.39, 0.29) is 16.7 Å². The van der Waals surface area contributed by atoms with Gasteiger partial charge in [0.2, 0.25) is 0 Å². The Labute approximate surface area is 118 Å². The van der Waals surface area contributed by atoms with Gasteiger partial charge >= 0.3 is 0 Å². The van der Waals surface area contributed by atoms with Crippen LogP contribution in [0.2, 0.25) is 0 Å². The fourth-order valence-electron chi connectivity index (χ4n) is 2.36. The molecule has 0 aliphatic heterocycles. The minimum absolute atomic E-state index is 0.204. The summed E-state index contributed by atoms with van der Waals surface area (Å²) in [5, 5.41) is 14.3. The van der Waals surface area contributed by atoms with Crippen molar-refractivity contribution in [1.29, 1.82) is 0 Å². The van der Waals surface area contributed by atoms with E-state index < -0.39 is 0 Å². The van der Waals surface area contributed by atoms with Crippen molar-refractivity contribution in [2.75, 3.05) is 7.05 Å². The first-order valence-corrected chi connectivity index (χ1v) is 6.67. The van der Waals surface area contributed by atoms with Gasteiger partial charge in [0, 0.05) is 17.7 Å². The number of nitrogens with zero attached hydrogens (tertiary/aromatic N) is 1. The van der Waals surface area contributed by atoms with Crippen LogP contribution in [0.25, 0.3) is 0 Å². The summed E-state index contributed by atoms with van der Waals surface area (Å²) in [6.45, 7) is 0. The Bertz CT molecular complexity index is 570. The zero-order valence-electron chi connectivity index (χ0n) is 11.5. The molecule has 0 saturated heterocycles. The van der Waals surface area contributed by atoms with E-state index in [1.54, 1.807) is 12.1 Å². The molecule has 4 heteroatoms. The van der Waals surface area contributed by atoms with Crippen LogP contribution in [0.3, 0.4) is 0 Å². The largest absolute Gasteiger partial charge is 0.313 e. The molecule has 0 aliphatic carbocycles. The van der Waals surface area contributed by atoms with Crippen LogP contribution < -0.4 is 5.32 Å². The average Bonchev–Trinajstić information content (AvgIpc) is 2.49. The number of para-hydroxylation sites is 1. The Morgan fingerprint density at radius 1 is 1.10 bits per heavy atom. The number of aryl methyl sites for hydroxylation is 1. The van der Waals surface area contributed by atoms with Crippen molar-refractivity contribution in [3.63, 3.8) is 0 Å². The summed E-state index contributed by atoms with van der Waals surface area (Å²) >= 11 is 0. The molecule has 104 valence electrons. The first-order chi connectivity index (χ1) is 9.72. The van der Waals surface area contributed by atoms with E-state index in [0.717, 1.165) is 12.0 Å². The molecular formula is C16H18N2O2. The van der Waals surface area contributed by atoms with E-state index in [9.17, 15) is 10.1 Å². The van der Waals surface area contributed by atoms with Gasteiger partial charge in [-0.1, -0.05) is 48.5 Å². The van der Waals surface area contributed by atoms with Gasteiger partial charge in [-0.05, 0) is 25.5 Å². The number of rotatable bonds is 6. The third-order valence-corrected chi connectivity index (χ3v) is 3.44. The van der Waals surface area contributed by atoms with Crippen LogP contribution in [0.15, 0.2) is 54.6 Å². The summed E-state index contributed by atoms with van der Waals surface area (Å²) in [5.41, 5.74) is 2.19. The van der Waals surface area contributed by atoms with Crippen molar-refractivity contribution in [2.24, 2.45) is 0 Å². The summed E-state index contributed by atoms with van der Waals surface area (Å²) in [6.07, 6.45) is 1.50. The zero-order valence-corrected chi connectivity index (χ0v) is 11.5. The standard InChI is InChI=1S/C16H18N2O2/c1-17-15(13-7-3-2-4-8-13)12-11-14-9-5-6-10-16(14)18(19)20/h2-10,15,17H,11-12H2,1H3. The predicted molar refractivity (Wildman–Crippen MR) is 79.7 cm³/mol. The Morgan fingerprint density at radius 3 is 2.40 bits per heavy atom. The lowest BCUT2D eigenvalue weighted by molar-refractivity contribution is -0.385. The van der Waals surface area contributed by atoms with Crippen LogP contribution in [0.4, 0.5) is 5.69 Å². The van der Waals surface area contributed by atoms with Crippen molar-refractivity contribution in [2.45, 2.75) is 18.9 Å². The van der Waals surface area contributed by atoms with E-state index in [1.165, 1.54) is 5.56 Å². The molecule has 4 nitrogen and oxygen atoms in total. The molecule has 0 bridgehead atoms. The molecule has 1 unspecified atom stereocenters. The highest BCUT2D eigenvalue weighted by atomic mass is 16.6. The summed E-state index contributed by atoms with van der Waals surface area (Å²) in [6, 6.07) is 17.3. The Morgan fingerprint density at radius 2 is 1.75 bits per heavy atom. The fourth-order valence-corrected chi connectivity index (χ4v) is 2.36. The van der Waals surface area contributed by atoms with Crippen molar-refractivity contribution >= 4 is 5.69 Å². The van der Waals surface area contributed by atoms with Gasteiger partial charge in [0.25, 0.3) is 5.69 Å². The maximum absolute atomic E-state index is 11.0. The summed E-state index contributed by atoms with van der Waals surface area (Å²) in [7, 11) is 1.91.